The molecule has 0 saturated carbocycles. The Labute approximate surface area is 140 Å². The van der Waals surface area contributed by atoms with E-state index in [-0.39, 0.29) is 0 Å². The van der Waals surface area contributed by atoms with Crippen molar-refractivity contribution in [3.05, 3.63) is 51.8 Å². The number of pyridine rings is 1. The molecule has 0 atom stereocenters. The molecule has 0 fully saturated rings. The standard InChI is InChI=1S/C20H20N2S/c1-4-5-14-11-17(13(3)23-14)19-20-16(8-9-21-19)15-7-6-12(2)10-18(15)22-20/h6-11,22H,4-5H2,1-3H3. The SMILES string of the molecule is CCCc1cc(-c2nccc3c2[nH]c2cc(C)ccc23)c(C)s1. The van der Waals surface area contributed by atoms with Crippen LogP contribution in [0.2, 0.25) is 0 Å². The second kappa shape index (κ2) is 5.50. The first-order valence-corrected chi connectivity index (χ1v) is 8.95. The lowest BCUT2D eigenvalue weighted by Crippen LogP contribution is -1.85. The van der Waals surface area contributed by atoms with Gasteiger partial charge in [0.1, 0.15) is 0 Å². The van der Waals surface area contributed by atoms with Crippen molar-refractivity contribution in [3.63, 3.8) is 0 Å². The summed E-state index contributed by atoms with van der Waals surface area (Å²) in [5, 5.41) is 2.53. The van der Waals surface area contributed by atoms with Gasteiger partial charge in [-0.25, -0.2) is 0 Å². The van der Waals surface area contributed by atoms with E-state index < -0.39 is 0 Å². The number of aryl methyl sites for hydroxylation is 3. The van der Waals surface area contributed by atoms with Gasteiger partial charge in [0.15, 0.2) is 0 Å². The number of aromatic nitrogens is 2. The maximum absolute atomic E-state index is 4.70. The Hall–Kier alpha value is -2.13. The quantitative estimate of drug-likeness (QED) is 0.491. The predicted octanol–water partition coefficient (Wildman–Crippen LogP) is 6.01. The summed E-state index contributed by atoms with van der Waals surface area (Å²) in [6, 6.07) is 11.0. The molecule has 0 spiro atoms. The number of rotatable bonds is 3. The summed E-state index contributed by atoms with van der Waals surface area (Å²) in [6.07, 6.45) is 4.26. The summed E-state index contributed by atoms with van der Waals surface area (Å²) in [5.74, 6) is 0. The van der Waals surface area contributed by atoms with Gasteiger partial charge in [-0.1, -0.05) is 25.5 Å². The molecule has 0 aliphatic rings. The molecule has 116 valence electrons. The molecule has 2 nitrogen and oxygen atoms in total. The largest absolute Gasteiger partial charge is 0.353 e. The number of H-pyrrole nitrogens is 1. The van der Waals surface area contributed by atoms with Gasteiger partial charge in [-0.2, -0.15) is 0 Å². The lowest BCUT2D eigenvalue weighted by molar-refractivity contribution is 0.940. The molecule has 1 N–H and O–H groups in total. The molecule has 0 bridgehead atoms. The Morgan fingerprint density at radius 3 is 2.78 bits per heavy atom. The van der Waals surface area contributed by atoms with Crippen molar-refractivity contribution in [2.75, 3.05) is 0 Å². The van der Waals surface area contributed by atoms with Crippen LogP contribution in [-0.2, 0) is 6.42 Å². The monoisotopic (exact) mass is 320 g/mol. The third kappa shape index (κ3) is 2.36. The van der Waals surface area contributed by atoms with Gasteiger partial charge in [0.25, 0.3) is 0 Å². The van der Waals surface area contributed by atoms with Crippen molar-refractivity contribution in [3.8, 4) is 11.3 Å². The maximum Gasteiger partial charge on any atom is 0.0954 e. The molecule has 0 amide bonds. The van der Waals surface area contributed by atoms with Gasteiger partial charge in [0.2, 0.25) is 0 Å². The normalized spacial score (nSPS) is 11.6. The van der Waals surface area contributed by atoms with Crippen LogP contribution in [0.5, 0.6) is 0 Å². The fourth-order valence-corrected chi connectivity index (χ4v) is 4.44. The number of nitrogens with zero attached hydrogens (tertiary/aromatic N) is 1. The Morgan fingerprint density at radius 1 is 1.09 bits per heavy atom. The fraction of sp³-hybridized carbons (Fsp3) is 0.250. The van der Waals surface area contributed by atoms with Gasteiger partial charge < -0.3 is 4.98 Å². The number of nitrogens with one attached hydrogen (secondary N) is 1. The minimum absolute atomic E-state index is 1.08. The van der Waals surface area contributed by atoms with Gasteiger partial charge in [-0.15, -0.1) is 11.3 Å². The van der Waals surface area contributed by atoms with E-state index in [1.54, 1.807) is 0 Å². The summed E-state index contributed by atoms with van der Waals surface area (Å²) in [5.41, 5.74) is 5.96. The summed E-state index contributed by atoms with van der Waals surface area (Å²) in [4.78, 5) is 11.1. The van der Waals surface area contributed by atoms with Crippen LogP contribution in [0.3, 0.4) is 0 Å². The number of hydrogen-bond donors (Lipinski definition) is 1. The van der Waals surface area contributed by atoms with Crippen LogP contribution in [0.25, 0.3) is 33.1 Å². The van der Waals surface area contributed by atoms with Crippen LogP contribution in [0.4, 0.5) is 0 Å². The molecule has 0 aliphatic heterocycles. The molecule has 0 aliphatic carbocycles. The first kappa shape index (κ1) is 14.5. The van der Waals surface area contributed by atoms with Gasteiger partial charge in [-0.05, 0) is 44.0 Å². The van der Waals surface area contributed by atoms with Crippen molar-refractivity contribution in [2.45, 2.75) is 33.6 Å². The van der Waals surface area contributed by atoms with Crippen LogP contribution >= 0.6 is 11.3 Å². The van der Waals surface area contributed by atoms with Gasteiger partial charge in [0, 0.05) is 37.8 Å². The van der Waals surface area contributed by atoms with Crippen molar-refractivity contribution in [1.82, 2.24) is 9.97 Å². The first-order valence-electron chi connectivity index (χ1n) is 8.14. The molecule has 1 aromatic carbocycles. The smallest absolute Gasteiger partial charge is 0.0954 e. The third-order valence-corrected chi connectivity index (χ3v) is 5.51. The van der Waals surface area contributed by atoms with Crippen LogP contribution in [0.15, 0.2) is 36.5 Å². The Bertz CT molecular complexity index is 1010. The van der Waals surface area contributed by atoms with E-state index in [1.807, 2.05) is 17.5 Å². The lowest BCUT2D eigenvalue weighted by atomic mass is 10.1. The summed E-state index contributed by atoms with van der Waals surface area (Å²) in [7, 11) is 0. The summed E-state index contributed by atoms with van der Waals surface area (Å²) >= 11 is 1.90. The molecule has 3 aromatic heterocycles. The van der Waals surface area contributed by atoms with E-state index in [0.29, 0.717) is 0 Å². The minimum atomic E-state index is 1.08. The molecule has 4 rings (SSSR count). The highest BCUT2D eigenvalue weighted by Gasteiger charge is 2.14. The summed E-state index contributed by atoms with van der Waals surface area (Å²) < 4.78 is 0. The lowest BCUT2D eigenvalue weighted by Gasteiger charge is -2.01. The van der Waals surface area contributed by atoms with Crippen molar-refractivity contribution >= 4 is 33.1 Å². The molecule has 0 radical (unpaired) electrons. The molecule has 0 unspecified atom stereocenters. The van der Waals surface area contributed by atoms with Crippen molar-refractivity contribution in [1.29, 1.82) is 0 Å². The molecular formula is C20H20N2S. The second-order valence-electron chi connectivity index (χ2n) is 6.19. The molecule has 23 heavy (non-hydrogen) atoms. The fourth-order valence-electron chi connectivity index (χ4n) is 3.30. The molecule has 3 heterocycles. The zero-order chi connectivity index (χ0) is 16.0. The first-order chi connectivity index (χ1) is 11.2. The molecular weight excluding hydrogens is 300 g/mol. The maximum atomic E-state index is 4.70. The summed E-state index contributed by atoms with van der Waals surface area (Å²) in [6.45, 7) is 6.56. The number of aromatic amines is 1. The van der Waals surface area contributed by atoms with E-state index in [2.05, 4.69) is 56.1 Å². The molecule has 3 heteroatoms. The Kier molecular flexibility index (Phi) is 3.46. The number of hydrogen-bond acceptors (Lipinski definition) is 2. The van der Waals surface area contributed by atoms with E-state index >= 15 is 0 Å². The van der Waals surface area contributed by atoms with Crippen LogP contribution < -0.4 is 0 Å². The zero-order valence-electron chi connectivity index (χ0n) is 13.7. The topological polar surface area (TPSA) is 28.7 Å². The van der Waals surface area contributed by atoms with Crippen molar-refractivity contribution < 1.29 is 0 Å². The van der Waals surface area contributed by atoms with Gasteiger partial charge in [-0.3, -0.25) is 4.98 Å². The molecule has 4 aromatic rings. The van der Waals surface area contributed by atoms with Crippen LogP contribution in [0.1, 0.15) is 28.7 Å². The van der Waals surface area contributed by atoms with Crippen LogP contribution in [0, 0.1) is 13.8 Å². The molecule has 0 saturated heterocycles. The highest BCUT2D eigenvalue weighted by molar-refractivity contribution is 7.12. The van der Waals surface area contributed by atoms with E-state index in [9.17, 15) is 0 Å². The average molecular weight is 320 g/mol. The van der Waals surface area contributed by atoms with E-state index in [1.165, 1.54) is 43.6 Å². The van der Waals surface area contributed by atoms with Crippen molar-refractivity contribution in [2.24, 2.45) is 0 Å². The average Bonchev–Trinajstić information content (AvgIpc) is 3.07. The zero-order valence-corrected chi connectivity index (χ0v) is 14.6. The second-order valence-corrected chi connectivity index (χ2v) is 7.53. The van der Waals surface area contributed by atoms with Gasteiger partial charge >= 0.3 is 0 Å². The third-order valence-electron chi connectivity index (χ3n) is 4.40. The highest BCUT2D eigenvalue weighted by Crippen LogP contribution is 2.36. The van der Waals surface area contributed by atoms with E-state index in [4.69, 9.17) is 4.98 Å². The highest BCUT2D eigenvalue weighted by atomic mass is 32.1. The number of thiophene rings is 1. The Balaban J connectivity index is 1.98. The minimum Gasteiger partial charge on any atom is -0.353 e. The van der Waals surface area contributed by atoms with Gasteiger partial charge in [0.05, 0.1) is 11.2 Å². The predicted molar refractivity (Wildman–Crippen MR) is 100 cm³/mol. The Morgan fingerprint density at radius 2 is 1.96 bits per heavy atom. The number of benzene rings is 1. The van der Waals surface area contributed by atoms with E-state index in [0.717, 1.165) is 17.6 Å². The van der Waals surface area contributed by atoms with Crippen LogP contribution in [-0.4, -0.2) is 9.97 Å². The number of fused-ring (bicyclic) bond motifs is 3.